The van der Waals surface area contributed by atoms with E-state index in [-0.39, 0.29) is 0 Å². The average Bonchev–Trinajstić information content (AvgIpc) is 2.43. The average molecular weight is 255 g/mol. The van der Waals surface area contributed by atoms with Crippen LogP contribution in [0.25, 0.3) is 0 Å². The molecule has 0 aliphatic heterocycles. The van der Waals surface area contributed by atoms with Crippen LogP contribution >= 0.6 is 0 Å². The maximum Gasteiger partial charge on any atom is -0.0311 e. The normalized spacial score (nSPS) is 9.94. The summed E-state index contributed by atoms with van der Waals surface area (Å²) in [6.07, 6.45) is 14.1. The third-order valence-electron chi connectivity index (χ3n) is 1.49. The lowest BCUT2D eigenvalue weighted by atomic mass is 10.1. The maximum atomic E-state index is 2.26. The Bertz CT molecular complexity index is 170. The van der Waals surface area contributed by atoms with E-state index in [2.05, 4.69) is 52.0 Å². The monoisotopic (exact) mass is 254 g/mol. The van der Waals surface area contributed by atoms with Crippen molar-refractivity contribution in [3.8, 4) is 0 Å². The summed E-state index contributed by atoms with van der Waals surface area (Å²) in [6.45, 7) is 18.6. The fourth-order valence-electron chi connectivity index (χ4n) is 0.883. The van der Waals surface area contributed by atoms with Gasteiger partial charge in [-0.25, -0.2) is 0 Å². The number of rotatable bonds is 4. The second-order valence-electron chi connectivity index (χ2n) is 3.13. The first-order valence-corrected chi connectivity index (χ1v) is 7.74. The molecule has 0 aliphatic carbocycles. The highest BCUT2D eigenvalue weighted by Gasteiger charge is 1.83. The number of allylic oxidation sites excluding steroid dienone is 6. The topological polar surface area (TPSA) is 0 Å². The molecule has 0 radical (unpaired) electrons. The Balaban J connectivity index is -0.000000118. The minimum absolute atomic E-state index is 1.13. The van der Waals surface area contributed by atoms with Gasteiger partial charge in [0.2, 0.25) is 0 Å². The molecule has 0 nitrogen and oxygen atoms in total. The van der Waals surface area contributed by atoms with Crippen molar-refractivity contribution in [3.63, 3.8) is 0 Å². The summed E-state index contributed by atoms with van der Waals surface area (Å²) in [5, 5.41) is 0. The second kappa shape index (κ2) is 36.0. The first-order valence-electron chi connectivity index (χ1n) is 7.74. The van der Waals surface area contributed by atoms with Gasteiger partial charge in [0.15, 0.2) is 0 Å². The van der Waals surface area contributed by atoms with Crippen LogP contribution in [0.2, 0.25) is 0 Å². The molecule has 0 spiro atoms. The fraction of sp³-hybridized carbons (Fsp3) is 0.667. The van der Waals surface area contributed by atoms with Crippen LogP contribution in [0.3, 0.4) is 0 Å². The van der Waals surface area contributed by atoms with Crippen LogP contribution in [-0.4, -0.2) is 0 Å². The van der Waals surface area contributed by atoms with E-state index in [1.165, 1.54) is 12.0 Å². The van der Waals surface area contributed by atoms with E-state index < -0.39 is 0 Å². The third-order valence-corrected chi connectivity index (χ3v) is 1.49. The van der Waals surface area contributed by atoms with Crippen molar-refractivity contribution in [2.45, 2.75) is 81.6 Å². The molecule has 110 valence electrons. The van der Waals surface area contributed by atoms with Gasteiger partial charge in [0.05, 0.1) is 0 Å². The quantitative estimate of drug-likeness (QED) is 0.460. The smallest absolute Gasteiger partial charge is 0.0311 e. The predicted molar refractivity (Wildman–Crippen MR) is 91.3 cm³/mol. The zero-order valence-corrected chi connectivity index (χ0v) is 14.5. The summed E-state index contributed by atoms with van der Waals surface area (Å²) < 4.78 is 0. The molecule has 0 aromatic rings. The maximum absolute atomic E-state index is 2.26. The van der Waals surface area contributed by atoms with Crippen molar-refractivity contribution < 1.29 is 0 Å². The van der Waals surface area contributed by atoms with Gasteiger partial charge >= 0.3 is 0 Å². The van der Waals surface area contributed by atoms with Gasteiger partial charge in [0.25, 0.3) is 0 Å². The Morgan fingerprint density at radius 3 is 1.56 bits per heavy atom. The minimum atomic E-state index is 1.13. The van der Waals surface area contributed by atoms with Crippen LogP contribution in [0.15, 0.2) is 36.0 Å². The van der Waals surface area contributed by atoms with Crippen LogP contribution < -0.4 is 0 Å². The molecule has 0 bridgehead atoms. The molecule has 18 heavy (non-hydrogen) atoms. The summed E-state index contributed by atoms with van der Waals surface area (Å²) in [5.74, 6) is 0. The molecule has 0 saturated heterocycles. The molecule has 0 aromatic carbocycles. The molecular formula is C18H38. The van der Waals surface area contributed by atoms with Gasteiger partial charge in [-0.05, 0) is 19.8 Å². The first-order chi connectivity index (χ1) is 8.76. The van der Waals surface area contributed by atoms with Gasteiger partial charge in [0, 0.05) is 0 Å². The van der Waals surface area contributed by atoms with Gasteiger partial charge < -0.3 is 0 Å². The molecule has 0 amide bonds. The number of hydrogen-bond acceptors (Lipinski definition) is 0. The zero-order chi connectivity index (χ0) is 15.2. The van der Waals surface area contributed by atoms with Gasteiger partial charge in [-0.1, -0.05) is 97.8 Å². The SMILES string of the molecule is CC.CC.CCC.C\C=C/C=C\C(=C/CC)CC. The van der Waals surface area contributed by atoms with E-state index in [9.17, 15) is 0 Å². The van der Waals surface area contributed by atoms with Crippen molar-refractivity contribution in [3.05, 3.63) is 36.0 Å². The van der Waals surface area contributed by atoms with Crippen molar-refractivity contribution >= 4 is 0 Å². The Kier molecular flexibility index (Phi) is 51.8. The van der Waals surface area contributed by atoms with E-state index in [0.717, 1.165) is 12.8 Å². The molecule has 0 N–H and O–H groups in total. The molecule has 0 aromatic heterocycles. The molecule has 0 fully saturated rings. The molecule has 0 saturated carbocycles. The molecule has 0 heterocycles. The zero-order valence-electron chi connectivity index (χ0n) is 14.5. The predicted octanol–water partition coefficient (Wildman–Crippen LogP) is 7.33. The second-order valence-corrected chi connectivity index (χ2v) is 3.13. The summed E-state index contributed by atoms with van der Waals surface area (Å²) in [7, 11) is 0. The van der Waals surface area contributed by atoms with Crippen LogP contribution in [0.4, 0.5) is 0 Å². The Hall–Kier alpha value is -0.780. The summed E-state index contributed by atoms with van der Waals surface area (Å²) in [5.41, 5.74) is 1.42. The number of hydrogen-bond donors (Lipinski definition) is 0. The van der Waals surface area contributed by atoms with Gasteiger partial charge in [-0.3, -0.25) is 0 Å². The lowest BCUT2D eigenvalue weighted by Crippen LogP contribution is -1.72. The lowest BCUT2D eigenvalue weighted by molar-refractivity contribution is 1.09. The standard InChI is InChI=1S/C11H18.C3H8.2C2H6/c1-4-7-8-10-11(6-3)9-5-2;1-3-2;2*1-2/h4,7-10H,5-6H2,1-3H3;3H2,1-2H3;2*1-2H3/b7-4-,10-8-,11-9-;;;. The van der Waals surface area contributed by atoms with E-state index in [1.54, 1.807) is 0 Å². The molecular weight excluding hydrogens is 216 g/mol. The van der Waals surface area contributed by atoms with Crippen molar-refractivity contribution in [2.24, 2.45) is 0 Å². The van der Waals surface area contributed by atoms with Gasteiger partial charge in [0.1, 0.15) is 0 Å². The van der Waals surface area contributed by atoms with Crippen LogP contribution in [0.5, 0.6) is 0 Å². The fourth-order valence-corrected chi connectivity index (χ4v) is 0.883. The van der Waals surface area contributed by atoms with E-state index >= 15 is 0 Å². The summed E-state index contributed by atoms with van der Waals surface area (Å²) in [4.78, 5) is 0. The highest BCUT2D eigenvalue weighted by molar-refractivity contribution is 5.21. The molecule has 0 heteroatoms. The Morgan fingerprint density at radius 2 is 1.28 bits per heavy atom. The van der Waals surface area contributed by atoms with Crippen molar-refractivity contribution in [1.82, 2.24) is 0 Å². The van der Waals surface area contributed by atoms with Crippen molar-refractivity contribution in [1.29, 1.82) is 0 Å². The summed E-state index contributed by atoms with van der Waals surface area (Å²) >= 11 is 0. The molecule has 0 atom stereocenters. The highest BCUT2D eigenvalue weighted by atomic mass is 13.9. The first kappa shape index (κ1) is 25.9. The molecule has 0 unspecified atom stereocenters. The lowest BCUT2D eigenvalue weighted by Gasteiger charge is -1.93. The highest BCUT2D eigenvalue weighted by Crippen LogP contribution is 2.03. The summed E-state index contributed by atoms with van der Waals surface area (Å²) in [6, 6.07) is 0. The van der Waals surface area contributed by atoms with Gasteiger partial charge in [-0.15, -0.1) is 0 Å². The van der Waals surface area contributed by atoms with Crippen molar-refractivity contribution in [2.75, 3.05) is 0 Å². The minimum Gasteiger partial charge on any atom is -0.0877 e. The van der Waals surface area contributed by atoms with E-state index in [4.69, 9.17) is 0 Å². The van der Waals surface area contributed by atoms with Crippen LogP contribution in [0, 0.1) is 0 Å². The van der Waals surface area contributed by atoms with Gasteiger partial charge in [-0.2, -0.15) is 0 Å². The van der Waals surface area contributed by atoms with E-state index in [1.807, 2.05) is 40.7 Å². The molecule has 0 rings (SSSR count). The molecule has 0 aliphatic rings. The van der Waals surface area contributed by atoms with Crippen LogP contribution in [-0.2, 0) is 0 Å². The Labute approximate surface area is 118 Å². The van der Waals surface area contributed by atoms with E-state index in [0.29, 0.717) is 0 Å². The largest absolute Gasteiger partial charge is 0.0877 e. The van der Waals surface area contributed by atoms with Crippen LogP contribution in [0.1, 0.15) is 81.6 Å². The third kappa shape index (κ3) is 36.2. The Morgan fingerprint density at radius 1 is 0.833 bits per heavy atom.